The molecule has 1 saturated heterocycles. The second-order valence-electron chi connectivity index (χ2n) is 4.36. The van der Waals surface area contributed by atoms with E-state index in [1.807, 2.05) is 11.8 Å². The van der Waals surface area contributed by atoms with Gasteiger partial charge in [-0.1, -0.05) is 6.92 Å². The Morgan fingerprint density at radius 3 is 3.07 bits per heavy atom. The Hall–Kier alpha value is -0.220. The van der Waals surface area contributed by atoms with Crippen LogP contribution in [0.2, 0.25) is 0 Å². The Kier molecular flexibility index (Phi) is 6.10. The molecular formula is C11H22N2OS. The minimum absolute atomic E-state index is 0.197. The molecule has 1 amide bonds. The first-order chi connectivity index (χ1) is 7.22. The maximum Gasteiger partial charge on any atom is 0.221 e. The zero-order valence-electron chi connectivity index (χ0n) is 9.71. The number of rotatable bonds is 6. The molecule has 1 aliphatic heterocycles. The largest absolute Gasteiger partial charge is 0.356 e. The fourth-order valence-corrected chi connectivity index (χ4v) is 2.55. The molecule has 1 aliphatic rings. The molecule has 0 aromatic heterocycles. The van der Waals surface area contributed by atoms with Crippen LogP contribution >= 0.6 is 11.8 Å². The third-order valence-corrected chi connectivity index (χ3v) is 3.60. The second-order valence-corrected chi connectivity index (χ2v) is 5.27. The Morgan fingerprint density at radius 2 is 2.47 bits per heavy atom. The van der Waals surface area contributed by atoms with Gasteiger partial charge in [-0.05, 0) is 37.3 Å². The van der Waals surface area contributed by atoms with Gasteiger partial charge in [-0.15, -0.1) is 0 Å². The Balaban J connectivity index is 2.07. The molecule has 2 unspecified atom stereocenters. The summed E-state index contributed by atoms with van der Waals surface area (Å²) in [5, 5.41) is 6.34. The van der Waals surface area contributed by atoms with Crippen LogP contribution in [-0.2, 0) is 4.79 Å². The van der Waals surface area contributed by atoms with E-state index in [9.17, 15) is 4.79 Å². The van der Waals surface area contributed by atoms with Crippen molar-refractivity contribution in [3.8, 4) is 0 Å². The molecule has 2 N–H and O–H groups in total. The minimum atomic E-state index is 0.197. The van der Waals surface area contributed by atoms with Gasteiger partial charge in [0.25, 0.3) is 0 Å². The van der Waals surface area contributed by atoms with E-state index in [0.717, 1.165) is 25.3 Å². The van der Waals surface area contributed by atoms with Crippen LogP contribution in [0.25, 0.3) is 0 Å². The molecule has 3 nitrogen and oxygen atoms in total. The van der Waals surface area contributed by atoms with Gasteiger partial charge in [-0.25, -0.2) is 0 Å². The number of thioether (sulfide) groups is 1. The Morgan fingerprint density at radius 1 is 1.67 bits per heavy atom. The second kappa shape index (κ2) is 7.12. The first-order valence-corrected chi connectivity index (χ1v) is 7.10. The van der Waals surface area contributed by atoms with Gasteiger partial charge < -0.3 is 10.6 Å². The molecule has 0 spiro atoms. The molecule has 4 heteroatoms. The standard InChI is InChI=1S/C11H22N2OS/c1-9(8-15-2)7-13-11(14)6-10-4-3-5-12-10/h9-10,12H,3-8H2,1-2H3,(H,13,14). The lowest BCUT2D eigenvalue weighted by molar-refractivity contribution is -0.121. The smallest absolute Gasteiger partial charge is 0.221 e. The highest BCUT2D eigenvalue weighted by Crippen LogP contribution is 2.08. The van der Waals surface area contributed by atoms with Crippen LogP contribution in [0, 0.1) is 5.92 Å². The van der Waals surface area contributed by atoms with Crippen LogP contribution in [-0.4, -0.2) is 37.0 Å². The van der Waals surface area contributed by atoms with E-state index in [0.29, 0.717) is 18.4 Å². The van der Waals surface area contributed by atoms with Gasteiger partial charge in [0.2, 0.25) is 5.91 Å². The van der Waals surface area contributed by atoms with Gasteiger partial charge in [-0.2, -0.15) is 11.8 Å². The molecule has 1 heterocycles. The Labute approximate surface area is 96.8 Å². The van der Waals surface area contributed by atoms with Crippen LogP contribution in [0.1, 0.15) is 26.2 Å². The number of carbonyl (C=O) groups is 1. The van der Waals surface area contributed by atoms with Gasteiger partial charge in [0.15, 0.2) is 0 Å². The van der Waals surface area contributed by atoms with E-state index in [-0.39, 0.29) is 5.91 Å². The lowest BCUT2D eigenvalue weighted by Crippen LogP contribution is -2.34. The molecule has 1 rings (SSSR count). The first-order valence-electron chi connectivity index (χ1n) is 5.71. The quantitative estimate of drug-likeness (QED) is 0.721. The Bertz CT molecular complexity index is 193. The number of hydrogen-bond donors (Lipinski definition) is 2. The van der Waals surface area contributed by atoms with E-state index >= 15 is 0 Å². The number of amides is 1. The molecule has 0 saturated carbocycles. The van der Waals surface area contributed by atoms with E-state index in [4.69, 9.17) is 0 Å². The highest BCUT2D eigenvalue weighted by Gasteiger charge is 2.17. The normalized spacial score (nSPS) is 22.7. The minimum Gasteiger partial charge on any atom is -0.356 e. The van der Waals surface area contributed by atoms with Crippen LogP contribution in [0.15, 0.2) is 0 Å². The molecule has 2 atom stereocenters. The fourth-order valence-electron chi connectivity index (χ4n) is 1.86. The highest BCUT2D eigenvalue weighted by molar-refractivity contribution is 7.98. The van der Waals surface area contributed by atoms with Crippen molar-refractivity contribution in [1.82, 2.24) is 10.6 Å². The maximum absolute atomic E-state index is 11.5. The lowest BCUT2D eigenvalue weighted by Gasteiger charge is -2.13. The van der Waals surface area contributed by atoms with Crippen LogP contribution in [0.5, 0.6) is 0 Å². The summed E-state index contributed by atoms with van der Waals surface area (Å²) < 4.78 is 0. The van der Waals surface area contributed by atoms with E-state index in [1.165, 1.54) is 6.42 Å². The lowest BCUT2D eigenvalue weighted by atomic mass is 10.1. The monoisotopic (exact) mass is 230 g/mol. The molecular weight excluding hydrogens is 208 g/mol. The number of carbonyl (C=O) groups excluding carboxylic acids is 1. The molecule has 15 heavy (non-hydrogen) atoms. The summed E-state index contributed by atoms with van der Waals surface area (Å²) in [5.41, 5.74) is 0. The van der Waals surface area contributed by atoms with Gasteiger partial charge in [-0.3, -0.25) is 4.79 Å². The van der Waals surface area contributed by atoms with Crippen LogP contribution < -0.4 is 10.6 Å². The summed E-state index contributed by atoms with van der Waals surface area (Å²) in [6.45, 7) is 4.05. The van der Waals surface area contributed by atoms with Crippen molar-refractivity contribution in [2.75, 3.05) is 25.1 Å². The summed E-state index contributed by atoms with van der Waals surface area (Å²) >= 11 is 1.83. The topological polar surface area (TPSA) is 41.1 Å². The van der Waals surface area contributed by atoms with E-state index in [1.54, 1.807) is 0 Å². The van der Waals surface area contributed by atoms with Gasteiger partial charge in [0.05, 0.1) is 0 Å². The van der Waals surface area contributed by atoms with Crippen molar-refractivity contribution in [1.29, 1.82) is 0 Å². The third kappa shape index (κ3) is 5.42. The van der Waals surface area contributed by atoms with Crippen molar-refractivity contribution in [3.63, 3.8) is 0 Å². The summed E-state index contributed by atoms with van der Waals surface area (Å²) in [5.74, 6) is 1.88. The molecule has 0 aromatic carbocycles. The molecule has 0 radical (unpaired) electrons. The summed E-state index contributed by atoms with van der Waals surface area (Å²) in [6, 6.07) is 0.417. The van der Waals surface area contributed by atoms with Crippen molar-refractivity contribution in [2.45, 2.75) is 32.2 Å². The number of hydrogen-bond acceptors (Lipinski definition) is 3. The molecule has 0 aliphatic carbocycles. The van der Waals surface area contributed by atoms with Crippen molar-refractivity contribution >= 4 is 17.7 Å². The first kappa shape index (κ1) is 12.8. The third-order valence-electron chi connectivity index (χ3n) is 2.69. The summed E-state index contributed by atoms with van der Waals surface area (Å²) in [7, 11) is 0. The molecule has 1 fully saturated rings. The van der Waals surface area contributed by atoms with Crippen LogP contribution in [0.4, 0.5) is 0 Å². The van der Waals surface area contributed by atoms with E-state index in [2.05, 4.69) is 23.8 Å². The average molecular weight is 230 g/mol. The van der Waals surface area contributed by atoms with Gasteiger partial charge >= 0.3 is 0 Å². The zero-order valence-corrected chi connectivity index (χ0v) is 10.5. The molecule has 0 aromatic rings. The number of nitrogens with one attached hydrogen (secondary N) is 2. The molecule has 88 valence electrons. The SMILES string of the molecule is CSCC(C)CNC(=O)CC1CCCN1. The van der Waals surface area contributed by atoms with Gasteiger partial charge in [0.1, 0.15) is 0 Å². The van der Waals surface area contributed by atoms with Crippen molar-refractivity contribution in [2.24, 2.45) is 5.92 Å². The van der Waals surface area contributed by atoms with Gasteiger partial charge in [0, 0.05) is 19.0 Å². The van der Waals surface area contributed by atoms with Crippen LogP contribution in [0.3, 0.4) is 0 Å². The summed E-state index contributed by atoms with van der Waals surface area (Å²) in [4.78, 5) is 11.5. The zero-order chi connectivity index (χ0) is 11.1. The average Bonchev–Trinajstić information content (AvgIpc) is 2.68. The summed E-state index contributed by atoms with van der Waals surface area (Å²) in [6.07, 6.45) is 5.10. The fraction of sp³-hybridized carbons (Fsp3) is 0.909. The predicted octanol–water partition coefficient (Wildman–Crippen LogP) is 1.24. The maximum atomic E-state index is 11.5. The van der Waals surface area contributed by atoms with E-state index < -0.39 is 0 Å². The predicted molar refractivity (Wildman–Crippen MR) is 66.2 cm³/mol. The highest BCUT2D eigenvalue weighted by atomic mass is 32.2. The van der Waals surface area contributed by atoms with Crippen molar-refractivity contribution < 1.29 is 4.79 Å². The van der Waals surface area contributed by atoms with Crippen molar-refractivity contribution in [3.05, 3.63) is 0 Å². The molecule has 0 bridgehead atoms.